The van der Waals surface area contributed by atoms with Crippen LogP contribution >= 0.6 is 30.8 Å². The zero-order valence-electron chi connectivity index (χ0n) is 8.55. The van der Waals surface area contributed by atoms with Crippen LogP contribution < -0.4 is 0 Å². The lowest BCUT2D eigenvalue weighted by molar-refractivity contribution is 0.226. The van der Waals surface area contributed by atoms with Crippen molar-refractivity contribution < 1.29 is 13.6 Å². The second kappa shape index (κ2) is 6.86. The first-order valence-electron chi connectivity index (χ1n) is 4.32. The van der Waals surface area contributed by atoms with Gasteiger partial charge in [-0.05, 0) is 20.8 Å². The Labute approximate surface area is 94.9 Å². The Bertz CT molecular complexity index is 243. The van der Waals surface area contributed by atoms with Gasteiger partial charge in [0.05, 0.1) is 24.4 Å². The Morgan fingerprint density at radius 3 is 2.00 bits per heavy atom. The van der Waals surface area contributed by atoms with Gasteiger partial charge in [0, 0.05) is 5.03 Å². The summed E-state index contributed by atoms with van der Waals surface area (Å²) in [6.07, 6.45) is 0. The predicted molar refractivity (Wildman–Crippen MR) is 60.1 cm³/mol. The first kappa shape index (κ1) is 14.5. The van der Waals surface area contributed by atoms with Gasteiger partial charge in [-0.15, -0.1) is 11.6 Å². The first-order valence-corrected chi connectivity index (χ1v) is 6.78. The van der Waals surface area contributed by atoms with E-state index in [0.717, 1.165) is 0 Å². The average Bonchev–Trinajstić information content (AvgIpc) is 2.16. The van der Waals surface area contributed by atoms with E-state index in [-0.39, 0.29) is 5.88 Å². The second-order valence-corrected chi connectivity index (χ2v) is 5.36. The van der Waals surface area contributed by atoms with Crippen LogP contribution in [0.4, 0.5) is 0 Å². The van der Waals surface area contributed by atoms with Crippen LogP contribution in [-0.2, 0) is 13.6 Å². The van der Waals surface area contributed by atoms with Gasteiger partial charge in [0.1, 0.15) is 0 Å². The molecule has 0 fully saturated rings. The van der Waals surface area contributed by atoms with Crippen LogP contribution in [0.3, 0.4) is 0 Å². The van der Waals surface area contributed by atoms with E-state index >= 15 is 0 Å². The summed E-state index contributed by atoms with van der Waals surface area (Å²) in [7, 11) is -3.22. The fraction of sp³-hybridized carbons (Fsp3) is 0.750. The minimum atomic E-state index is -3.22. The fourth-order valence-corrected chi connectivity index (χ4v) is 2.94. The van der Waals surface area contributed by atoms with Crippen molar-refractivity contribution in [3.63, 3.8) is 0 Å². The van der Waals surface area contributed by atoms with Crippen LogP contribution in [0.2, 0.25) is 0 Å². The Balaban J connectivity index is 4.91. The molecular weight excluding hydrogens is 246 g/mol. The van der Waals surface area contributed by atoms with Crippen molar-refractivity contribution in [3.05, 3.63) is 10.3 Å². The number of halogens is 2. The third kappa shape index (κ3) is 3.92. The van der Waals surface area contributed by atoms with E-state index in [1.54, 1.807) is 20.8 Å². The fourth-order valence-electron chi connectivity index (χ4n) is 0.816. The molecule has 0 N–H and O–H groups in total. The van der Waals surface area contributed by atoms with E-state index in [9.17, 15) is 4.57 Å². The summed E-state index contributed by atoms with van der Waals surface area (Å²) in [6.45, 7) is 5.71. The largest absolute Gasteiger partial charge is 0.358 e. The van der Waals surface area contributed by atoms with E-state index < -0.39 is 7.60 Å². The van der Waals surface area contributed by atoms with Crippen molar-refractivity contribution in [3.8, 4) is 0 Å². The normalized spacial score (nSPS) is 14.1. The van der Waals surface area contributed by atoms with Crippen LogP contribution in [0.1, 0.15) is 20.8 Å². The van der Waals surface area contributed by atoms with Gasteiger partial charge < -0.3 is 9.05 Å². The number of alkyl halides is 1. The van der Waals surface area contributed by atoms with Crippen LogP contribution in [0, 0.1) is 0 Å². The van der Waals surface area contributed by atoms with Crippen molar-refractivity contribution in [2.24, 2.45) is 0 Å². The summed E-state index contributed by atoms with van der Waals surface area (Å²) < 4.78 is 22.2. The molecule has 0 unspecified atom stereocenters. The predicted octanol–water partition coefficient (Wildman–Crippen LogP) is 3.96. The molecule has 0 heterocycles. The smallest absolute Gasteiger partial charge is 0.306 e. The molecule has 0 aliphatic rings. The van der Waals surface area contributed by atoms with Gasteiger partial charge in [-0.25, -0.2) is 0 Å². The lowest BCUT2D eigenvalue weighted by Gasteiger charge is -2.18. The number of hydrogen-bond donors (Lipinski definition) is 0. The third-order valence-corrected chi connectivity index (χ3v) is 4.76. The first-order chi connectivity index (χ1) is 6.51. The molecular formula is C8H15Cl2O3P. The van der Waals surface area contributed by atoms with Crippen LogP contribution in [0.15, 0.2) is 10.3 Å². The van der Waals surface area contributed by atoms with Gasteiger partial charge >= 0.3 is 7.60 Å². The SMILES string of the molecule is CCOP(=O)(OCC)/C(C)=C(/Cl)CCl. The minimum Gasteiger partial charge on any atom is -0.306 e. The van der Waals surface area contributed by atoms with Crippen molar-refractivity contribution in [2.75, 3.05) is 19.1 Å². The highest BCUT2D eigenvalue weighted by Crippen LogP contribution is 2.57. The Hall–Kier alpha value is 0.470. The summed E-state index contributed by atoms with van der Waals surface area (Å²) in [5, 5.41) is 0.703. The Morgan fingerprint density at radius 1 is 1.29 bits per heavy atom. The molecule has 0 aromatic heterocycles. The number of rotatable bonds is 6. The van der Waals surface area contributed by atoms with Crippen molar-refractivity contribution in [2.45, 2.75) is 20.8 Å². The molecule has 0 amide bonds. The van der Waals surface area contributed by atoms with Gasteiger partial charge in [-0.1, -0.05) is 11.6 Å². The molecule has 0 rings (SSSR count). The van der Waals surface area contributed by atoms with Crippen LogP contribution in [0.25, 0.3) is 0 Å². The zero-order valence-corrected chi connectivity index (χ0v) is 11.0. The highest BCUT2D eigenvalue weighted by Gasteiger charge is 2.28. The molecule has 6 heteroatoms. The van der Waals surface area contributed by atoms with Gasteiger partial charge in [-0.2, -0.15) is 0 Å². The van der Waals surface area contributed by atoms with Crippen molar-refractivity contribution >= 4 is 30.8 Å². The molecule has 0 saturated heterocycles. The van der Waals surface area contributed by atoms with E-state index in [1.165, 1.54) is 0 Å². The van der Waals surface area contributed by atoms with Crippen molar-refractivity contribution in [1.29, 1.82) is 0 Å². The van der Waals surface area contributed by atoms with Crippen molar-refractivity contribution in [1.82, 2.24) is 0 Å². The highest BCUT2D eigenvalue weighted by atomic mass is 35.5. The summed E-state index contributed by atoms with van der Waals surface area (Å²) in [5.74, 6) is 0.109. The topological polar surface area (TPSA) is 35.5 Å². The van der Waals surface area contributed by atoms with Crippen LogP contribution in [-0.4, -0.2) is 19.1 Å². The maximum Gasteiger partial charge on any atom is 0.358 e. The van der Waals surface area contributed by atoms with Gasteiger partial charge in [-0.3, -0.25) is 4.57 Å². The number of allylic oxidation sites excluding steroid dienone is 2. The highest BCUT2D eigenvalue weighted by molar-refractivity contribution is 7.58. The standard InChI is InChI=1S/C8H15Cl2O3P/c1-4-12-14(11,13-5-2)7(3)8(10)6-9/h4-6H2,1-3H3/b8-7+. The molecule has 0 radical (unpaired) electrons. The maximum atomic E-state index is 12.1. The maximum absolute atomic E-state index is 12.1. The summed E-state index contributed by atoms with van der Waals surface area (Å²) in [4.78, 5) is 0. The summed E-state index contributed by atoms with van der Waals surface area (Å²) >= 11 is 11.3. The van der Waals surface area contributed by atoms with Crippen LogP contribution in [0.5, 0.6) is 0 Å². The second-order valence-electron chi connectivity index (χ2n) is 2.46. The van der Waals surface area contributed by atoms with E-state index in [0.29, 0.717) is 23.6 Å². The molecule has 14 heavy (non-hydrogen) atoms. The lowest BCUT2D eigenvalue weighted by Crippen LogP contribution is -1.98. The van der Waals surface area contributed by atoms with E-state index in [1.807, 2.05) is 0 Å². The molecule has 0 aliphatic carbocycles. The summed E-state index contributed by atoms with van der Waals surface area (Å²) in [5.41, 5.74) is 0. The molecule has 0 bridgehead atoms. The van der Waals surface area contributed by atoms with E-state index in [4.69, 9.17) is 32.2 Å². The molecule has 0 aromatic carbocycles. The third-order valence-electron chi connectivity index (χ3n) is 1.52. The van der Waals surface area contributed by atoms with Gasteiger partial charge in [0.15, 0.2) is 0 Å². The molecule has 0 saturated carbocycles. The Kier molecular flexibility index (Phi) is 7.09. The van der Waals surface area contributed by atoms with Gasteiger partial charge in [0.25, 0.3) is 0 Å². The lowest BCUT2D eigenvalue weighted by atomic mass is 10.6. The summed E-state index contributed by atoms with van der Waals surface area (Å²) in [6, 6.07) is 0. The average molecular weight is 261 g/mol. The Morgan fingerprint density at radius 2 is 1.71 bits per heavy atom. The zero-order chi connectivity index (χ0) is 11.2. The molecule has 0 aromatic rings. The van der Waals surface area contributed by atoms with Gasteiger partial charge in [0.2, 0.25) is 0 Å². The minimum absolute atomic E-state index is 0.109. The molecule has 0 atom stereocenters. The quantitative estimate of drug-likeness (QED) is 0.536. The monoisotopic (exact) mass is 260 g/mol. The molecule has 3 nitrogen and oxygen atoms in total. The van der Waals surface area contributed by atoms with E-state index in [2.05, 4.69) is 0 Å². The number of hydrogen-bond acceptors (Lipinski definition) is 3. The molecule has 84 valence electrons. The molecule has 0 spiro atoms. The molecule has 0 aliphatic heterocycles.